The van der Waals surface area contributed by atoms with E-state index in [0.29, 0.717) is 6.42 Å². The van der Waals surface area contributed by atoms with Crippen molar-refractivity contribution in [2.75, 3.05) is 18.0 Å². The third-order valence-corrected chi connectivity index (χ3v) is 4.26. The van der Waals surface area contributed by atoms with Gasteiger partial charge in [-0.1, -0.05) is 17.7 Å². The first-order valence-electron chi connectivity index (χ1n) is 7.36. The number of aliphatic carboxylic acids is 1. The van der Waals surface area contributed by atoms with Crippen LogP contribution in [0.25, 0.3) is 0 Å². The number of benzene rings is 1. The number of hydrogen-bond acceptors (Lipinski definition) is 3. The Kier molecular flexibility index (Phi) is 3.66. The van der Waals surface area contributed by atoms with Gasteiger partial charge in [0, 0.05) is 18.8 Å². The number of fused-ring (bicyclic) bond motifs is 1. The molecule has 1 aromatic rings. The van der Waals surface area contributed by atoms with E-state index in [9.17, 15) is 4.79 Å². The highest BCUT2D eigenvalue weighted by atomic mass is 16.5. The van der Waals surface area contributed by atoms with Gasteiger partial charge in [0.2, 0.25) is 0 Å². The van der Waals surface area contributed by atoms with Crippen molar-refractivity contribution in [2.45, 2.75) is 44.8 Å². The van der Waals surface area contributed by atoms with Crippen LogP contribution >= 0.6 is 0 Å². The second-order valence-electron chi connectivity index (χ2n) is 5.84. The fourth-order valence-electron chi connectivity index (χ4n) is 3.26. The van der Waals surface area contributed by atoms with Gasteiger partial charge in [-0.3, -0.25) is 0 Å². The molecule has 0 saturated carbocycles. The Bertz CT molecular complexity index is 514. The number of hydrogen-bond donors (Lipinski definition) is 1. The van der Waals surface area contributed by atoms with Crippen LogP contribution in [0, 0.1) is 6.92 Å². The highest BCUT2D eigenvalue weighted by molar-refractivity contribution is 5.72. The van der Waals surface area contributed by atoms with Crippen LogP contribution in [-0.2, 0) is 16.0 Å². The zero-order valence-electron chi connectivity index (χ0n) is 11.8. The van der Waals surface area contributed by atoms with E-state index in [1.807, 2.05) is 0 Å². The van der Waals surface area contributed by atoms with Gasteiger partial charge in [-0.05, 0) is 44.2 Å². The number of carboxylic acid groups (broad SMARTS) is 1. The van der Waals surface area contributed by atoms with Crippen molar-refractivity contribution in [2.24, 2.45) is 0 Å². The molecule has 0 aliphatic carbocycles. The fourth-order valence-corrected chi connectivity index (χ4v) is 3.26. The summed E-state index contributed by atoms with van der Waals surface area (Å²) in [6.07, 6.45) is 3.21. The third kappa shape index (κ3) is 2.66. The minimum absolute atomic E-state index is 0.0448. The molecule has 20 heavy (non-hydrogen) atoms. The summed E-state index contributed by atoms with van der Waals surface area (Å²) in [5.74, 6) is -0.831. The maximum absolute atomic E-state index is 10.9. The maximum Gasteiger partial charge on any atom is 0.332 e. The average molecular weight is 275 g/mol. The summed E-state index contributed by atoms with van der Waals surface area (Å²) in [4.78, 5) is 13.3. The van der Waals surface area contributed by atoms with E-state index in [1.165, 1.54) is 16.8 Å². The SMILES string of the molecule is Cc1ccc2c(c1)CCCN2CC1CCC(C(=O)O)O1. The molecule has 2 aliphatic heterocycles. The lowest BCUT2D eigenvalue weighted by atomic mass is 9.99. The lowest BCUT2D eigenvalue weighted by molar-refractivity contribution is -0.149. The molecular formula is C16H21NO3. The topological polar surface area (TPSA) is 49.8 Å². The van der Waals surface area contributed by atoms with Crippen molar-refractivity contribution in [1.82, 2.24) is 0 Å². The number of ether oxygens (including phenoxy) is 1. The number of anilines is 1. The van der Waals surface area contributed by atoms with Crippen LogP contribution < -0.4 is 4.90 Å². The molecule has 0 radical (unpaired) electrons. The summed E-state index contributed by atoms with van der Waals surface area (Å²) in [6.45, 7) is 3.96. The summed E-state index contributed by atoms with van der Waals surface area (Å²) in [7, 11) is 0. The first-order chi connectivity index (χ1) is 9.63. The monoisotopic (exact) mass is 275 g/mol. The van der Waals surface area contributed by atoms with Gasteiger partial charge in [0.15, 0.2) is 6.10 Å². The van der Waals surface area contributed by atoms with Crippen LogP contribution in [-0.4, -0.2) is 36.4 Å². The Labute approximate surface area is 119 Å². The number of aryl methyl sites for hydroxylation is 2. The minimum atomic E-state index is -0.831. The van der Waals surface area contributed by atoms with E-state index in [4.69, 9.17) is 9.84 Å². The van der Waals surface area contributed by atoms with Crippen molar-refractivity contribution >= 4 is 11.7 Å². The van der Waals surface area contributed by atoms with Crippen LogP contribution in [0.15, 0.2) is 18.2 Å². The Morgan fingerprint density at radius 3 is 3.05 bits per heavy atom. The zero-order valence-corrected chi connectivity index (χ0v) is 11.8. The van der Waals surface area contributed by atoms with Crippen LogP contribution in [0.5, 0.6) is 0 Å². The molecule has 2 aliphatic rings. The maximum atomic E-state index is 10.9. The molecule has 108 valence electrons. The quantitative estimate of drug-likeness (QED) is 0.920. The van der Waals surface area contributed by atoms with Gasteiger partial charge in [-0.25, -0.2) is 4.79 Å². The molecule has 4 heteroatoms. The molecule has 0 bridgehead atoms. The van der Waals surface area contributed by atoms with Crippen LogP contribution in [0.3, 0.4) is 0 Å². The molecule has 1 aromatic carbocycles. The smallest absolute Gasteiger partial charge is 0.332 e. The molecule has 1 N–H and O–H groups in total. The Hall–Kier alpha value is -1.55. The van der Waals surface area contributed by atoms with E-state index < -0.39 is 12.1 Å². The molecule has 2 atom stereocenters. The second kappa shape index (κ2) is 5.44. The third-order valence-electron chi connectivity index (χ3n) is 4.26. The van der Waals surface area contributed by atoms with Crippen molar-refractivity contribution in [3.8, 4) is 0 Å². The van der Waals surface area contributed by atoms with Gasteiger partial charge in [-0.2, -0.15) is 0 Å². The van der Waals surface area contributed by atoms with Gasteiger partial charge >= 0.3 is 5.97 Å². The average Bonchev–Trinajstić information content (AvgIpc) is 2.87. The molecule has 1 saturated heterocycles. The molecule has 3 rings (SSSR count). The summed E-state index contributed by atoms with van der Waals surface area (Å²) < 4.78 is 5.62. The van der Waals surface area contributed by atoms with Gasteiger partial charge in [0.1, 0.15) is 0 Å². The first kappa shape index (κ1) is 13.4. The second-order valence-corrected chi connectivity index (χ2v) is 5.84. The molecule has 0 amide bonds. The zero-order chi connectivity index (χ0) is 14.1. The number of rotatable bonds is 3. The van der Waals surface area contributed by atoms with Crippen LogP contribution in [0.1, 0.15) is 30.4 Å². The van der Waals surface area contributed by atoms with Crippen molar-refractivity contribution < 1.29 is 14.6 Å². The summed E-state index contributed by atoms with van der Waals surface area (Å²) in [6, 6.07) is 6.59. The van der Waals surface area contributed by atoms with Gasteiger partial charge < -0.3 is 14.7 Å². The van der Waals surface area contributed by atoms with E-state index in [2.05, 4.69) is 30.0 Å². The highest BCUT2D eigenvalue weighted by Crippen LogP contribution is 2.30. The summed E-state index contributed by atoms with van der Waals surface area (Å²) >= 11 is 0. The lowest BCUT2D eigenvalue weighted by Gasteiger charge is -2.33. The molecule has 0 spiro atoms. The summed E-state index contributed by atoms with van der Waals surface area (Å²) in [5, 5.41) is 8.99. The molecule has 1 fully saturated rings. The standard InChI is InChI=1S/C16H21NO3/c1-11-4-6-14-12(9-11)3-2-8-17(14)10-13-5-7-15(20-13)16(18)19/h4,6,9,13,15H,2-3,5,7-8,10H2,1H3,(H,18,19). The predicted octanol–water partition coefficient (Wildman–Crippen LogP) is 2.38. The van der Waals surface area contributed by atoms with Crippen molar-refractivity contribution in [3.05, 3.63) is 29.3 Å². The van der Waals surface area contributed by atoms with E-state index in [0.717, 1.165) is 32.4 Å². The molecule has 4 nitrogen and oxygen atoms in total. The van der Waals surface area contributed by atoms with Crippen LogP contribution in [0.4, 0.5) is 5.69 Å². The molecule has 2 heterocycles. The normalized spacial score (nSPS) is 25.6. The number of carboxylic acids is 1. The number of carbonyl (C=O) groups is 1. The van der Waals surface area contributed by atoms with Gasteiger partial charge in [-0.15, -0.1) is 0 Å². The number of nitrogens with zero attached hydrogens (tertiary/aromatic N) is 1. The predicted molar refractivity (Wildman–Crippen MR) is 77.2 cm³/mol. The molecule has 2 unspecified atom stereocenters. The Balaban J connectivity index is 1.69. The lowest BCUT2D eigenvalue weighted by Crippen LogP contribution is -2.36. The molecular weight excluding hydrogens is 254 g/mol. The van der Waals surface area contributed by atoms with Gasteiger partial charge in [0.25, 0.3) is 0 Å². The molecule has 0 aromatic heterocycles. The summed E-state index contributed by atoms with van der Waals surface area (Å²) in [5.41, 5.74) is 4.00. The van der Waals surface area contributed by atoms with Crippen LogP contribution in [0.2, 0.25) is 0 Å². The van der Waals surface area contributed by atoms with E-state index in [1.54, 1.807) is 0 Å². The fraction of sp³-hybridized carbons (Fsp3) is 0.562. The van der Waals surface area contributed by atoms with Gasteiger partial charge in [0.05, 0.1) is 6.10 Å². The first-order valence-corrected chi connectivity index (χ1v) is 7.36. The van der Waals surface area contributed by atoms with Crippen molar-refractivity contribution in [3.63, 3.8) is 0 Å². The van der Waals surface area contributed by atoms with E-state index >= 15 is 0 Å². The van der Waals surface area contributed by atoms with Crippen molar-refractivity contribution in [1.29, 1.82) is 0 Å². The largest absolute Gasteiger partial charge is 0.479 e. The Morgan fingerprint density at radius 2 is 2.30 bits per heavy atom. The Morgan fingerprint density at radius 1 is 1.45 bits per heavy atom. The minimum Gasteiger partial charge on any atom is -0.479 e. The van der Waals surface area contributed by atoms with E-state index in [-0.39, 0.29) is 6.10 Å². The highest BCUT2D eigenvalue weighted by Gasteiger charge is 2.32.